The number of aromatic amines is 1. The average Bonchev–Trinajstić information content (AvgIpc) is 3.39. The van der Waals surface area contributed by atoms with Gasteiger partial charge in [0.25, 0.3) is 5.91 Å². The monoisotopic (exact) mass is 617 g/mol. The molecule has 4 rings (SSSR count). The number of benzene rings is 3. The number of rotatable bonds is 9. The van der Waals surface area contributed by atoms with Gasteiger partial charge >= 0.3 is 17.8 Å². The van der Waals surface area contributed by atoms with E-state index in [1.807, 2.05) is 0 Å². The Balaban J connectivity index is 1.78. The quantitative estimate of drug-likeness (QED) is 0.0815. The van der Waals surface area contributed by atoms with Gasteiger partial charge in [-0.05, 0) is 42.5 Å². The SMILES string of the molecule is COc1cc(F)c(C(Nc2ccc(C(=N)N)cc2)c2nn(-c3ccccc3C(=O)NOC(=O)C(F)(F)F)c(=O)[nH]2)cc1OC. The molecule has 6 N–H and O–H groups in total. The van der Waals surface area contributed by atoms with E-state index in [4.69, 9.17) is 20.6 Å². The number of halogens is 4. The number of nitrogens with zero attached hydrogens (tertiary/aromatic N) is 2. The molecule has 1 unspecified atom stereocenters. The zero-order valence-electron chi connectivity index (χ0n) is 22.8. The van der Waals surface area contributed by atoms with Gasteiger partial charge in [-0.3, -0.25) is 15.2 Å². The third-order valence-electron chi connectivity index (χ3n) is 6.07. The summed E-state index contributed by atoms with van der Waals surface area (Å²) in [5.74, 6) is -4.83. The number of ether oxygens (including phenoxy) is 2. The molecular weight excluding hydrogens is 594 g/mol. The van der Waals surface area contributed by atoms with Crippen molar-refractivity contribution in [3.63, 3.8) is 0 Å². The van der Waals surface area contributed by atoms with E-state index in [1.54, 1.807) is 12.1 Å². The maximum Gasteiger partial charge on any atom is 0.493 e. The molecule has 0 aliphatic carbocycles. The van der Waals surface area contributed by atoms with Crippen molar-refractivity contribution in [1.82, 2.24) is 20.2 Å². The second kappa shape index (κ2) is 12.6. The molecule has 0 aliphatic rings. The predicted octanol–water partition coefficient (Wildman–Crippen LogP) is 2.95. The molecule has 1 aromatic heterocycles. The van der Waals surface area contributed by atoms with Crippen LogP contribution in [0.1, 0.15) is 33.4 Å². The molecule has 0 fully saturated rings. The van der Waals surface area contributed by atoms with Crippen LogP contribution in [0.15, 0.2) is 65.5 Å². The number of alkyl halides is 3. The summed E-state index contributed by atoms with van der Waals surface area (Å²) in [6.07, 6.45) is -5.37. The highest BCUT2D eigenvalue weighted by atomic mass is 19.4. The lowest BCUT2D eigenvalue weighted by atomic mass is 10.0. The Morgan fingerprint density at radius 1 is 1.05 bits per heavy atom. The van der Waals surface area contributed by atoms with Crippen molar-refractivity contribution in [3.8, 4) is 17.2 Å². The maximum absolute atomic E-state index is 15.5. The number of nitrogens with one attached hydrogen (secondary N) is 4. The van der Waals surface area contributed by atoms with E-state index in [1.165, 1.54) is 56.1 Å². The minimum absolute atomic E-state index is 0.0516. The zero-order chi connectivity index (χ0) is 32.2. The van der Waals surface area contributed by atoms with Crippen LogP contribution in [0.5, 0.6) is 11.5 Å². The number of carbonyl (C=O) groups is 2. The fourth-order valence-electron chi connectivity index (χ4n) is 3.99. The van der Waals surface area contributed by atoms with Crippen molar-refractivity contribution < 1.29 is 41.5 Å². The first-order valence-electron chi connectivity index (χ1n) is 12.3. The number of hydrogen-bond acceptors (Lipinski definition) is 9. The number of hydroxylamine groups is 1. The Morgan fingerprint density at radius 2 is 1.68 bits per heavy atom. The smallest absolute Gasteiger partial charge is 0.493 e. The van der Waals surface area contributed by atoms with Crippen LogP contribution in [-0.4, -0.2) is 52.9 Å². The summed E-state index contributed by atoms with van der Waals surface area (Å²) >= 11 is 0. The summed E-state index contributed by atoms with van der Waals surface area (Å²) in [4.78, 5) is 43.1. The topological polar surface area (TPSA) is 186 Å². The van der Waals surface area contributed by atoms with E-state index < -0.39 is 35.6 Å². The van der Waals surface area contributed by atoms with Gasteiger partial charge in [-0.25, -0.2) is 14.0 Å². The van der Waals surface area contributed by atoms with Gasteiger partial charge in [-0.2, -0.15) is 23.3 Å². The van der Waals surface area contributed by atoms with Crippen LogP contribution in [0.2, 0.25) is 0 Å². The molecule has 44 heavy (non-hydrogen) atoms. The number of amides is 1. The Labute approximate surface area is 245 Å². The maximum atomic E-state index is 15.5. The van der Waals surface area contributed by atoms with Gasteiger partial charge in [-0.15, -0.1) is 5.10 Å². The first-order chi connectivity index (χ1) is 20.8. The van der Waals surface area contributed by atoms with Gasteiger partial charge in [0.2, 0.25) is 0 Å². The van der Waals surface area contributed by atoms with Crippen LogP contribution < -0.4 is 31.7 Å². The highest BCUT2D eigenvalue weighted by Crippen LogP contribution is 2.35. The molecule has 0 aliphatic heterocycles. The molecule has 0 saturated heterocycles. The lowest BCUT2D eigenvalue weighted by Crippen LogP contribution is -2.35. The van der Waals surface area contributed by atoms with Crippen molar-refractivity contribution in [2.45, 2.75) is 12.2 Å². The van der Waals surface area contributed by atoms with Gasteiger partial charge in [-0.1, -0.05) is 12.1 Å². The lowest BCUT2D eigenvalue weighted by Gasteiger charge is -2.20. The van der Waals surface area contributed by atoms with Gasteiger partial charge in [0, 0.05) is 22.9 Å². The third-order valence-corrected chi connectivity index (χ3v) is 6.07. The standard InChI is InChI=1S/C27H23F4N7O6/c1-42-19-11-16(17(28)12-20(19)43-2)21(34-14-9-7-13(8-10-14)22(32)33)23-35-26(41)38(36-23)18-6-4-3-5-15(18)24(39)37-44-25(40)27(29,30)31/h3-12,21,34H,1-2H3,(H3,32,33)(H,37,39)(H,35,36,41). The fourth-order valence-corrected chi connectivity index (χ4v) is 3.99. The number of anilines is 1. The van der Waals surface area contributed by atoms with Crippen LogP contribution in [0.4, 0.5) is 23.2 Å². The summed E-state index contributed by atoms with van der Waals surface area (Å²) < 4.78 is 64.2. The molecule has 1 amide bonds. The summed E-state index contributed by atoms with van der Waals surface area (Å²) in [5.41, 5.74) is 6.17. The van der Waals surface area contributed by atoms with E-state index in [0.29, 0.717) is 11.3 Å². The van der Waals surface area contributed by atoms with Gasteiger partial charge < -0.3 is 25.4 Å². The number of methoxy groups -OCH3 is 2. The summed E-state index contributed by atoms with van der Waals surface area (Å²) in [7, 11) is 2.66. The minimum atomic E-state index is -5.37. The number of H-pyrrole nitrogens is 1. The molecule has 3 aromatic carbocycles. The second-order valence-electron chi connectivity index (χ2n) is 8.86. The van der Waals surface area contributed by atoms with Crippen molar-refractivity contribution in [2.75, 3.05) is 19.5 Å². The van der Waals surface area contributed by atoms with Gasteiger partial charge in [0.05, 0.1) is 25.5 Å². The molecule has 0 radical (unpaired) electrons. The first-order valence-corrected chi connectivity index (χ1v) is 12.3. The molecule has 230 valence electrons. The molecule has 1 atom stereocenters. The van der Waals surface area contributed by atoms with Crippen molar-refractivity contribution in [2.24, 2.45) is 5.73 Å². The number of carbonyl (C=O) groups excluding carboxylic acids is 2. The fraction of sp³-hybridized carbons (Fsp3) is 0.148. The van der Waals surface area contributed by atoms with Crippen LogP contribution in [0.3, 0.4) is 0 Å². The Kier molecular flexibility index (Phi) is 8.87. The van der Waals surface area contributed by atoms with E-state index in [2.05, 4.69) is 20.2 Å². The molecule has 1 heterocycles. The third kappa shape index (κ3) is 6.61. The zero-order valence-corrected chi connectivity index (χ0v) is 22.8. The predicted molar refractivity (Wildman–Crippen MR) is 146 cm³/mol. The molecule has 0 bridgehead atoms. The molecule has 0 spiro atoms. The molecule has 0 saturated carbocycles. The summed E-state index contributed by atoms with van der Waals surface area (Å²) in [6, 6.07) is 12.5. The molecule has 4 aromatic rings. The molecule has 13 nitrogen and oxygen atoms in total. The highest BCUT2D eigenvalue weighted by Gasteiger charge is 2.42. The van der Waals surface area contributed by atoms with Crippen molar-refractivity contribution in [3.05, 3.63) is 99.5 Å². The average molecular weight is 618 g/mol. The number of nitrogens with two attached hydrogens (primary N) is 1. The number of hydrogen-bond donors (Lipinski definition) is 5. The summed E-state index contributed by atoms with van der Waals surface area (Å²) in [6.45, 7) is 0. The van der Waals surface area contributed by atoms with Crippen LogP contribution in [0.25, 0.3) is 5.69 Å². The number of amidine groups is 1. The van der Waals surface area contributed by atoms with E-state index in [9.17, 15) is 27.6 Å². The molecular formula is C27H23F4N7O6. The number of para-hydroxylation sites is 1. The normalized spacial score (nSPS) is 11.8. The Bertz CT molecular complexity index is 1770. The number of aromatic nitrogens is 3. The van der Waals surface area contributed by atoms with Crippen LogP contribution >= 0.6 is 0 Å². The van der Waals surface area contributed by atoms with E-state index in [0.717, 1.165) is 16.8 Å². The molecule has 17 heteroatoms. The number of nitrogen functional groups attached to an aromatic ring is 1. The highest BCUT2D eigenvalue weighted by molar-refractivity contribution is 5.97. The van der Waals surface area contributed by atoms with Crippen LogP contribution in [-0.2, 0) is 9.63 Å². The van der Waals surface area contributed by atoms with Gasteiger partial charge in [0.1, 0.15) is 17.7 Å². The first kappa shape index (κ1) is 31.1. The lowest BCUT2D eigenvalue weighted by molar-refractivity contribution is -0.204. The summed E-state index contributed by atoms with van der Waals surface area (Å²) in [5, 5.41) is 14.9. The van der Waals surface area contributed by atoms with Crippen LogP contribution in [0, 0.1) is 11.2 Å². The van der Waals surface area contributed by atoms with Gasteiger partial charge in [0.15, 0.2) is 17.3 Å². The van der Waals surface area contributed by atoms with Crippen molar-refractivity contribution >= 4 is 23.4 Å². The largest absolute Gasteiger partial charge is 0.493 e. The van der Waals surface area contributed by atoms with E-state index in [-0.39, 0.29) is 40.0 Å². The Morgan fingerprint density at radius 3 is 2.30 bits per heavy atom. The van der Waals surface area contributed by atoms with E-state index >= 15 is 4.39 Å². The minimum Gasteiger partial charge on any atom is -0.493 e. The second-order valence-corrected chi connectivity index (χ2v) is 8.86. The Hall–Kier alpha value is -5.87. The van der Waals surface area contributed by atoms with Crippen molar-refractivity contribution in [1.29, 1.82) is 5.41 Å².